The minimum absolute atomic E-state index is 0.0554. The van der Waals surface area contributed by atoms with Crippen LogP contribution >= 0.6 is 0 Å². The third kappa shape index (κ3) is 8.63. The molecule has 9 heteroatoms. The number of likely N-dealkylation sites (tertiary alicyclic amines) is 1. The summed E-state index contributed by atoms with van der Waals surface area (Å²) < 4.78 is 37.1. The molecule has 0 bridgehead atoms. The highest BCUT2D eigenvalue weighted by atomic mass is 19.4. The standard InChI is InChI=1S/C14H26F3N5O/c1-10(2)20-12(23)4-6-19-13(18-3)21-11-5-7-22(8-11)9-14(15,16)17/h10-11H,4-9H2,1-3H3,(H,20,23)(H2,18,19,21). The number of nitrogens with one attached hydrogen (secondary N) is 3. The molecule has 1 amide bonds. The van der Waals surface area contributed by atoms with E-state index in [-0.39, 0.29) is 18.0 Å². The lowest BCUT2D eigenvalue weighted by Gasteiger charge is -2.19. The van der Waals surface area contributed by atoms with Crippen molar-refractivity contribution >= 4 is 11.9 Å². The Morgan fingerprint density at radius 3 is 2.65 bits per heavy atom. The third-order valence-corrected chi connectivity index (χ3v) is 3.33. The summed E-state index contributed by atoms with van der Waals surface area (Å²) in [6.07, 6.45) is -3.23. The van der Waals surface area contributed by atoms with Gasteiger partial charge in [-0.3, -0.25) is 14.7 Å². The Bertz CT molecular complexity index is 412. The molecule has 23 heavy (non-hydrogen) atoms. The topological polar surface area (TPSA) is 68.8 Å². The number of aliphatic imine (C=N–C) groups is 1. The summed E-state index contributed by atoms with van der Waals surface area (Å²) in [5.74, 6) is 0.446. The number of rotatable bonds is 6. The number of carbonyl (C=O) groups excluding carboxylic acids is 1. The molecule has 134 valence electrons. The summed E-state index contributed by atoms with van der Waals surface area (Å²) in [5.41, 5.74) is 0. The monoisotopic (exact) mass is 337 g/mol. The summed E-state index contributed by atoms with van der Waals surface area (Å²) in [6.45, 7) is 4.04. The van der Waals surface area contributed by atoms with Crippen LogP contribution in [0, 0.1) is 0 Å². The van der Waals surface area contributed by atoms with Gasteiger partial charge in [-0.25, -0.2) is 0 Å². The highest BCUT2D eigenvalue weighted by molar-refractivity contribution is 5.81. The van der Waals surface area contributed by atoms with Crippen LogP contribution in [0.1, 0.15) is 26.7 Å². The van der Waals surface area contributed by atoms with Crippen molar-refractivity contribution in [3.05, 3.63) is 0 Å². The van der Waals surface area contributed by atoms with Gasteiger partial charge >= 0.3 is 6.18 Å². The van der Waals surface area contributed by atoms with Gasteiger partial charge in [-0.2, -0.15) is 13.2 Å². The summed E-state index contributed by atoms with van der Waals surface area (Å²) >= 11 is 0. The van der Waals surface area contributed by atoms with Crippen molar-refractivity contribution < 1.29 is 18.0 Å². The second-order valence-electron chi connectivity index (χ2n) is 5.95. The Kier molecular flexibility index (Phi) is 7.60. The first kappa shape index (κ1) is 19.5. The fraction of sp³-hybridized carbons (Fsp3) is 0.857. The molecule has 0 spiro atoms. The van der Waals surface area contributed by atoms with Crippen LogP contribution in [-0.2, 0) is 4.79 Å². The van der Waals surface area contributed by atoms with Crippen molar-refractivity contribution in [1.82, 2.24) is 20.9 Å². The van der Waals surface area contributed by atoms with Crippen molar-refractivity contribution in [1.29, 1.82) is 0 Å². The zero-order valence-corrected chi connectivity index (χ0v) is 13.8. The zero-order valence-electron chi connectivity index (χ0n) is 13.8. The van der Waals surface area contributed by atoms with Crippen molar-refractivity contribution in [3.8, 4) is 0 Å². The molecule has 3 N–H and O–H groups in total. The smallest absolute Gasteiger partial charge is 0.356 e. The Hall–Kier alpha value is -1.51. The lowest BCUT2D eigenvalue weighted by Crippen LogP contribution is -2.46. The minimum Gasteiger partial charge on any atom is -0.356 e. The number of guanidine groups is 1. The van der Waals surface area contributed by atoms with Gasteiger partial charge in [-0.1, -0.05) is 0 Å². The van der Waals surface area contributed by atoms with Crippen LogP contribution in [0.3, 0.4) is 0 Å². The largest absolute Gasteiger partial charge is 0.401 e. The molecular formula is C14H26F3N5O. The van der Waals surface area contributed by atoms with Gasteiger partial charge in [-0.05, 0) is 20.3 Å². The second-order valence-corrected chi connectivity index (χ2v) is 5.95. The minimum atomic E-state index is -4.17. The Morgan fingerprint density at radius 2 is 2.09 bits per heavy atom. The molecule has 1 aliphatic heterocycles. The first-order valence-electron chi connectivity index (χ1n) is 7.75. The molecule has 1 heterocycles. The number of alkyl halides is 3. The van der Waals surface area contributed by atoms with E-state index in [4.69, 9.17) is 0 Å². The summed E-state index contributed by atoms with van der Waals surface area (Å²) in [4.78, 5) is 16.9. The van der Waals surface area contributed by atoms with Gasteiger partial charge in [0.15, 0.2) is 5.96 Å². The van der Waals surface area contributed by atoms with Crippen LogP contribution in [-0.4, -0.2) is 68.3 Å². The molecule has 0 aliphatic carbocycles. The third-order valence-electron chi connectivity index (χ3n) is 3.33. The van der Waals surface area contributed by atoms with Gasteiger partial charge in [0.05, 0.1) is 6.54 Å². The quantitative estimate of drug-likeness (QED) is 0.493. The normalized spacial score (nSPS) is 20.0. The molecule has 1 fully saturated rings. The molecule has 0 aromatic rings. The van der Waals surface area contributed by atoms with Gasteiger partial charge in [-0.15, -0.1) is 0 Å². The Labute approximate surface area is 134 Å². The van der Waals surface area contributed by atoms with E-state index in [2.05, 4.69) is 20.9 Å². The van der Waals surface area contributed by atoms with E-state index in [0.29, 0.717) is 38.4 Å². The summed E-state index contributed by atoms with van der Waals surface area (Å²) in [5, 5.41) is 8.88. The number of amides is 1. The van der Waals surface area contributed by atoms with E-state index in [9.17, 15) is 18.0 Å². The van der Waals surface area contributed by atoms with Crippen LogP contribution in [0.4, 0.5) is 13.2 Å². The summed E-state index contributed by atoms with van der Waals surface area (Å²) in [7, 11) is 1.59. The van der Waals surface area contributed by atoms with Crippen LogP contribution in [0.15, 0.2) is 4.99 Å². The number of hydrogen-bond donors (Lipinski definition) is 3. The van der Waals surface area contributed by atoms with Crippen molar-refractivity contribution in [2.75, 3.05) is 33.2 Å². The average molecular weight is 337 g/mol. The molecule has 1 atom stereocenters. The second kappa shape index (κ2) is 8.95. The number of hydrogen-bond acceptors (Lipinski definition) is 3. The van der Waals surface area contributed by atoms with E-state index >= 15 is 0 Å². The molecule has 0 radical (unpaired) electrons. The molecule has 6 nitrogen and oxygen atoms in total. The Morgan fingerprint density at radius 1 is 1.39 bits per heavy atom. The van der Waals surface area contributed by atoms with Crippen LogP contribution in [0.25, 0.3) is 0 Å². The van der Waals surface area contributed by atoms with Gasteiger partial charge in [0.1, 0.15) is 0 Å². The number of nitrogens with zero attached hydrogens (tertiary/aromatic N) is 2. The fourth-order valence-electron chi connectivity index (χ4n) is 2.42. The zero-order chi connectivity index (χ0) is 17.5. The maximum Gasteiger partial charge on any atom is 0.401 e. The molecule has 1 unspecified atom stereocenters. The van der Waals surface area contributed by atoms with Crippen molar-refractivity contribution in [2.24, 2.45) is 4.99 Å². The highest BCUT2D eigenvalue weighted by Gasteiger charge is 2.34. The van der Waals surface area contributed by atoms with E-state index in [1.807, 2.05) is 13.8 Å². The average Bonchev–Trinajstić information content (AvgIpc) is 2.81. The molecule has 1 aliphatic rings. The Balaban J connectivity index is 2.28. The van der Waals surface area contributed by atoms with E-state index in [1.54, 1.807) is 7.05 Å². The molecular weight excluding hydrogens is 311 g/mol. The van der Waals surface area contributed by atoms with Gasteiger partial charge in [0.2, 0.25) is 5.91 Å². The van der Waals surface area contributed by atoms with Crippen LogP contribution < -0.4 is 16.0 Å². The number of carbonyl (C=O) groups is 1. The molecule has 1 rings (SSSR count). The maximum absolute atomic E-state index is 12.4. The molecule has 1 saturated heterocycles. The van der Waals surface area contributed by atoms with Gasteiger partial charge < -0.3 is 16.0 Å². The molecule has 0 aromatic heterocycles. The maximum atomic E-state index is 12.4. The SMILES string of the molecule is CN=C(NCCC(=O)NC(C)C)NC1CCN(CC(F)(F)F)C1. The first-order valence-corrected chi connectivity index (χ1v) is 7.75. The predicted octanol–water partition coefficient (Wildman–Crippen LogP) is 0.703. The van der Waals surface area contributed by atoms with Crippen molar-refractivity contribution in [3.63, 3.8) is 0 Å². The van der Waals surface area contributed by atoms with Gasteiger partial charge in [0, 0.05) is 45.2 Å². The van der Waals surface area contributed by atoms with E-state index < -0.39 is 12.7 Å². The van der Waals surface area contributed by atoms with E-state index in [1.165, 1.54) is 4.90 Å². The highest BCUT2D eigenvalue weighted by Crippen LogP contribution is 2.19. The molecule has 0 saturated carbocycles. The van der Waals surface area contributed by atoms with E-state index in [0.717, 1.165) is 0 Å². The van der Waals surface area contributed by atoms with Gasteiger partial charge in [0.25, 0.3) is 0 Å². The van der Waals surface area contributed by atoms with Crippen LogP contribution in [0.2, 0.25) is 0 Å². The van der Waals surface area contributed by atoms with Crippen LogP contribution in [0.5, 0.6) is 0 Å². The summed E-state index contributed by atoms with van der Waals surface area (Å²) in [6, 6.07) is 0.0195. The molecule has 0 aromatic carbocycles. The number of halogens is 3. The predicted molar refractivity (Wildman–Crippen MR) is 83.3 cm³/mol. The lowest BCUT2D eigenvalue weighted by atomic mass is 10.3. The first-order chi connectivity index (χ1) is 10.7. The fourth-order valence-corrected chi connectivity index (χ4v) is 2.42. The lowest BCUT2D eigenvalue weighted by molar-refractivity contribution is -0.143. The van der Waals surface area contributed by atoms with Crippen molar-refractivity contribution in [2.45, 2.75) is 44.9 Å².